The van der Waals surface area contributed by atoms with Crippen LogP contribution in [0.4, 0.5) is 4.79 Å². The van der Waals surface area contributed by atoms with Crippen LogP contribution in [0.3, 0.4) is 0 Å². The van der Waals surface area contributed by atoms with Gasteiger partial charge in [-0.15, -0.1) is 11.3 Å². The fourth-order valence-corrected chi connectivity index (χ4v) is 3.47. The summed E-state index contributed by atoms with van der Waals surface area (Å²) < 4.78 is 0. The summed E-state index contributed by atoms with van der Waals surface area (Å²) in [5, 5.41) is 14.1. The smallest absolute Gasteiger partial charge is 0.326 e. The minimum Gasteiger partial charge on any atom is -0.480 e. The first-order valence-electron chi connectivity index (χ1n) is 6.84. The van der Waals surface area contributed by atoms with Crippen molar-refractivity contribution in [2.75, 3.05) is 6.54 Å². The highest BCUT2D eigenvalue weighted by atomic mass is 32.1. The third-order valence-corrected chi connectivity index (χ3v) is 4.55. The van der Waals surface area contributed by atoms with E-state index in [-0.39, 0.29) is 18.0 Å². The van der Waals surface area contributed by atoms with E-state index in [4.69, 9.17) is 5.11 Å². The van der Waals surface area contributed by atoms with Gasteiger partial charge in [0, 0.05) is 11.4 Å². The molecule has 6 heteroatoms. The Morgan fingerprint density at radius 2 is 2.25 bits per heavy atom. The molecule has 1 aromatic rings. The van der Waals surface area contributed by atoms with Gasteiger partial charge in [0.15, 0.2) is 0 Å². The highest BCUT2D eigenvalue weighted by Crippen LogP contribution is 2.27. The van der Waals surface area contributed by atoms with Crippen molar-refractivity contribution in [1.82, 2.24) is 10.2 Å². The van der Waals surface area contributed by atoms with Crippen molar-refractivity contribution in [1.29, 1.82) is 0 Å². The van der Waals surface area contributed by atoms with Gasteiger partial charge in [-0.2, -0.15) is 0 Å². The summed E-state index contributed by atoms with van der Waals surface area (Å²) in [6, 6.07) is 2.91. The number of carboxylic acid groups (broad SMARTS) is 1. The highest BCUT2D eigenvalue weighted by Gasteiger charge is 2.35. The number of aliphatic carboxylic acids is 1. The Balaban J connectivity index is 2.07. The molecular weight excluding hydrogens is 276 g/mol. The van der Waals surface area contributed by atoms with Crippen LogP contribution < -0.4 is 5.32 Å². The zero-order valence-electron chi connectivity index (χ0n) is 11.7. The largest absolute Gasteiger partial charge is 0.480 e. The molecule has 0 spiro atoms. The number of hydrogen-bond acceptors (Lipinski definition) is 3. The molecule has 2 amide bonds. The van der Waals surface area contributed by atoms with Gasteiger partial charge in [-0.05, 0) is 30.2 Å². The zero-order valence-corrected chi connectivity index (χ0v) is 12.5. The average molecular weight is 296 g/mol. The third kappa shape index (κ3) is 3.12. The van der Waals surface area contributed by atoms with Crippen molar-refractivity contribution < 1.29 is 14.7 Å². The van der Waals surface area contributed by atoms with Gasteiger partial charge in [-0.25, -0.2) is 9.59 Å². The maximum atomic E-state index is 12.3. The molecule has 2 rings (SSSR count). The predicted molar refractivity (Wildman–Crippen MR) is 77.8 cm³/mol. The molecule has 2 atom stereocenters. The molecule has 0 bridgehead atoms. The van der Waals surface area contributed by atoms with Crippen molar-refractivity contribution >= 4 is 23.3 Å². The Labute approximate surface area is 122 Å². The molecule has 0 aromatic carbocycles. The van der Waals surface area contributed by atoms with Crippen LogP contribution in [0.25, 0.3) is 0 Å². The predicted octanol–water partition coefficient (Wildman–Crippen LogP) is 2.70. The van der Waals surface area contributed by atoms with Crippen LogP contribution in [-0.4, -0.2) is 34.6 Å². The number of nitrogens with zero attached hydrogens (tertiary/aromatic N) is 1. The van der Waals surface area contributed by atoms with Crippen LogP contribution in [0.5, 0.6) is 0 Å². The van der Waals surface area contributed by atoms with E-state index in [1.165, 1.54) is 4.90 Å². The Hall–Kier alpha value is -1.56. The fourth-order valence-electron chi connectivity index (χ4n) is 2.52. The van der Waals surface area contributed by atoms with Gasteiger partial charge in [0.2, 0.25) is 0 Å². The first-order chi connectivity index (χ1) is 9.50. The van der Waals surface area contributed by atoms with Gasteiger partial charge in [0.25, 0.3) is 0 Å². The van der Waals surface area contributed by atoms with Crippen LogP contribution in [0, 0.1) is 5.92 Å². The molecule has 5 nitrogen and oxygen atoms in total. The van der Waals surface area contributed by atoms with E-state index in [0.29, 0.717) is 13.0 Å². The number of urea groups is 1. The summed E-state index contributed by atoms with van der Waals surface area (Å²) in [4.78, 5) is 26.0. The molecule has 0 saturated carbocycles. The maximum absolute atomic E-state index is 12.3. The maximum Gasteiger partial charge on any atom is 0.326 e. The summed E-state index contributed by atoms with van der Waals surface area (Å²) in [7, 11) is 0. The number of amides is 2. The van der Waals surface area contributed by atoms with E-state index in [1.807, 2.05) is 31.4 Å². The normalized spacial score (nSPS) is 20.1. The van der Waals surface area contributed by atoms with Crippen molar-refractivity contribution in [3.63, 3.8) is 0 Å². The molecule has 2 N–H and O–H groups in total. The van der Waals surface area contributed by atoms with Gasteiger partial charge in [0.05, 0.1) is 6.04 Å². The van der Waals surface area contributed by atoms with E-state index in [2.05, 4.69) is 5.32 Å². The first kappa shape index (κ1) is 14.8. The van der Waals surface area contributed by atoms with Gasteiger partial charge in [-0.1, -0.05) is 19.9 Å². The molecule has 1 aromatic heterocycles. The molecule has 0 radical (unpaired) electrons. The number of nitrogens with one attached hydrogen (secondary N) is 1. The van der Waals surface area contributed by atoms with Crippen LogP contribution in [-0.2, 0) is 4.79 Å². The van der Waals surface area contributed by atoms with Crippen molar-refractivity contribution in [2.24, 2.45) is 5.92 Å². The molecule has 2 heterocycles. The summed E-state index contributed by atoms with van der Waals surface area (Å²) in [6.07, 6.45) is 1.28. The Morgan fingerprint density at radius 1 is 1.50 bits per heavy atom. The van der Waals surface area contributed by atoms with Crippen LogP contribution in [0.1, 0.15) is 37.6 Å². The van der Waals surface area contributed by atoms with Gasteiger partial charge in [0.1, 0.15) is 6.04 Å². The molecule has 1 unspecified atom stereocenters. The van der Waals surface area contributed by atoms with Gasteiger partial charge >= 0.3 is 12.0 Å². The Kier molecular flexibility index (Phi) is 4.65. The van der Waals surface area contributed by atoms with Gasteiger partial charge in [-0.3, -0.25) is 0 Å². The number of rotatable bonds is 4. The fraction of sp³-hybridized carbons (Fsp3) is 0.571. The topological polar surface area (TPSA) is 69.6 Å². The lowest BCUT2D eigenvalue weighted by molar-refractivity contribution is -0.141. The lowest BCUT2D eigenvalue weighted by atomic mass is 10.0. The van der Waals surface area contributed by atoms with E-state index in [0.717, 1.165) is 11.3 Å². The standard InChI is InChI=1S/C14H20N2O3S/c1-9(2)12(11-6-4-8-20-11)15-14(19)16-7-3-5-10(16)13(17)18/h4,6,8-10,12H,3,5,7H2,1-2H3,(H,15,19)(H,17,18)/t10-,12?/m0/s1. The molecule has 1 saturated heterocycles. The lowest BCUT2D eigenvalue weighted by Gasteiger charge is -2.27. The average Bonchev–Trinajstić information content (AvgIpc) is 3.05. The van der Waals surface area contributed by atoms with E-state index in [1.54, 1.807) is 11.3 Å². The molecule has 20 heavy (non-hydrogen) atoms. The molecule has 1 fully saturated rings. The number of carboxylic acids is 1. The monoisotopic (exact) mass is 296 g/mol. The highest BCUT2D eigenvalue weighted by molar-refractivity contribution is 7.10. The first-order valence-corrected chi connectivity index (χ1v) is 7.72. The van der Waals surface area contributed by atoms with Crippen molar-refractivity contribution in [3.8, 4) is 0 Å². The summed E-state index contributed by atoms with van der Waals surface area (Å²) in [6.45, 7) is 4.60. The number of thiophene rings is 1. The minimum absolute atomic E-state index is 0.0717. The molecule has 1 aliphatic heterocycles. The second-order valence-electron chi connectivity index (χ2n) is 5.38. The Morgan fingerprint density at radius 3 is 2.80 bits per heavy atom. The summed E-state index contributed by atoms with van der Waals surface area (Å²) in [5.41, 5.74) is 0. The van der Waals surface area contributed by atoms with Crippen LogP contribution in [0.15, 0.2) is 17.5 Å². The second-order valence-corrected chi connectivity index (χ2v) is 6.36. The SMILES string of the molecule is CC(C)C(NC(=O)N1CCC[C@H]1C(=O)O)c1cccs1. The lowest BCUT2D eigenvalue weighted by Crippen LogP contribution is -2.47. The van der Waals surface area contributed by atoms with Crippen LogP contribution in [0.2, 0.25) is 0 Å². The van der Waals surface area contributed by atoms with Gasteiger partial charge < -0.3 is 15.3 Å². The van der Waals surface area contributed by atoms with E-state index < -0.39 is 12.0 Å². The summed E-state index contributed by atoms with van der Waals surface area (Å²) in [5.74, 6) is -0.668. The number of carbonyl (C=O) groups is 2. The quantitative estimate of drug-likeness (QED) is 0.897. The van der Waals surface area contributed by atoms with Crippen molar-refractivity contribution in [3.05, 3.63) is 22.4 Å². The Bertz CT molecular complexity index is 473. The molecular formula is C14H20N2O3S. The van der Waals surface area contributed by atoms with E-state index >= 15 is 0 Å². The minimum atomic E-state index is -0.921. The number of likely N-dealkylation sites (tertiary alicyclic amines) is 1. The second kappa shape index (κ2) is 6.26. The summed E-state index contributed by atoms with van der Waals surface area (Å²) >= 11 is 1.60. The molecule has 0 aliphatic carbocycles. The van der Waals surface area contributed by atoms with Crippen LogP contribution >= 0.6 is 11.3 Å². The van der Waals surface area contributed by atoms with E-state index in [9.17, 15) is 9.59 Å². The third-order valence-electron chi connectivity index (χ3n) is 3.59. The molecule has 110 valence electrons. The van der Waals surface area contributed by atoms with Crippen molar-refractivity contribution in [2.45, 2.75) is 38.8 Å². The zero-order chi connectivity index (χ0) is 14.7. The number of carbonyl (C=O) groups excluding carboxylic acids is 1. The molecule has 1 aliphatic rings. The number of hydrogen-bond donors (Lipinski definition) is 2.